The molecule has 0 saturated heterocycles. The molecule has 2 amide bonds. The van der Waals surface area contributed by atoms with Crippen LogP contribution in [0.4, 0.5) is 11.4 Å². The summed E-state index contributed by atoms with van der Waals surface area (Å²) >= 11 is 0. The van der Waals surface area contributed by atoms with Gasteiger partial charge < -0.3 is 10.6 Å². The zero-order valence-electron chi connectivity index (χ0n) is 16.7. The van der Waals surface area contributed by atoms with Crippen LogP contribution >= 0.6 is 0 Å². The molecule has 1 aliphatic rings. The van der Waals surface area contributed by atoms with E-state index in [2.05, 4.69) is 15.7 Å². The van der Waals surface area contributed by atoms with Crippen LogP contribution in [0.25, 0.3) is 0 Å². The lowest BCUT2D eigenvalue weighted by Crippen LogP contribution is -2.33. The van der Waals surface area contributed by atoms with Gasteiger partial charge in [-0.05, 0) is 45.0 Å². The Morgan fingerprint density at radius 3 is 2.31 bits per heavy atom. The van der Waals surface area contributed by atoms with Crippen LogP contribution in [0, 0.1) is 0 Å². The molecule has 1 unspecified atom stereocenters. The van der Waals surface area contributed by atoms with E-state index < -0.39 is 11.9 Å². The van der Waals surface area contributed by atoms with Gasteiger partial charge in [0.05, 0.1) is 16.9 Å². The molecule has 150 valence electrons. The van der Waals surface area contributed by atoms with Crippen LogP contribution in [0.3, 0.4) is 0 Å². The molecule has 7 heteroatoms. The fourth-order valence-corrected chi connectivity index (χ4v) is 3.11. The number of para-hydroxylation sites is 2. The van der Waals surface area contributed by atoms with Crippen LogP contribution in [0.1, 0.15) is 37.6 Å². The maximum absolute atomic E-state index is 12.8. The minimum absolute atomic E-state index is 0.0266. The lowest BCUT2D eigenvalue weighted by Gasteiger charge is -2.20. The topological polar surface area (TPSA) is 90.9 Å². The van der Waals surface area contributed by atoms with E-state index in [-0.39, 0.29) is 29.9 Å². The van der Waals surface area contributed by atoms with Crippen molar-refractivity contribution in [2.45, 2.75) is 39.3 Å². The normalized spacial score (nSPS) is 15.8. The zero-order valence-corrected chi connectivity index (χ0v) is 16.7. The molecule has 0 aromatic heterocycles. The van der Waals surface area contributed by atoms with E-state index in [0.717, 1.165) is 5.69 Å². The van der Waals surface area contributed by atoms with E-state index in [1.165, 1.54) is 6.92 Å². The van der Waals surface area contributed by atoms with Gasteiger partial charge in [0.25, 0.3) is 11.8 Å². The molecule has 2 aromatic rings. The molecular formula is C22H24N4O3. The molecule has 3 rings (SSSR count). The first kappa shape index (κ1) is 20.3. The summed E-state index contributed by atoms with van der Waals surface area (Å²) in [6, 6.07) is 15.5. The predicted molar refractivity (Wildman–Crippen MR) is 113 cm³/mol. The van der Waals surface area contributed by atoms with Crippen molar-refractivity contribution in [2.75, 3.05) is 10.3 Å². The van der Waals surface area contributed by atoms with Crippen LogP contribution in [0.5, 0.6) is 0 Å². The number of benzene rings is 2. The summed E-state index contributed by atoms with van der Waals surface area (Å²) in [5.74, 6) is -0.770. The highest BCUT2D eigenvalue weighted by molar-refractivity contribution is 6.44. The van der Waals surface area contributed by atoms with Crippen molar-refractivity contribution in [3.63, 3.8) is 0 Å². The van der Waals surface area contributed by atoms with Gasteiger partial charge in [0, 0.05) is 12.5 Å². The fourth-order valence-electron chi connectivity index (χ4n) is 3.11. The second-order valence-corrected chi connectivity index (χ2v) is 7.19. The van der Waals surface area contributed by atoms with Gasteiger partial charge in [-0.3, -0.25) is 19.4 Å². The Kier molecular flexibility index (Phi) is 6.07. The first-order valence-corrected chi connectivity index (χ1v) is 9.50. The smallest absolute Gasteiger partial charge is 0.271 e. The van der Waals surface area contributed by atoms with Gasteiger partial charge in [-0.1, -0.05) is 30.3 Å². The fraction of sp³-hybridized carbons (Fsp3) is 0.273. The number of nitrogens with one attached hydrogen (secondary N) is 2. The average molecular weight is 392 g/mol. The van der Waals surface area contributed by atoms with Gasteiger partial charge in [-0.2, -0.15) is 5.10 Å². The zero-order chi connectivity index (χ0) is 21.0. The van der Waals surface area contributed by atoms with Crippen molar-refractivity contribution in [1.29, 1.82) is 0 Å². The first-order chi connectivity index (χ1) is 13.9. The minimum atomic E-state index is -0.530. The molecule has 29 heavy (non-hydrogen) atoms. The number of carbonyl (C=O) groups excluding carboxylic acids is 3. The van der Waals surface area contributed by atoms with Crippen molar-refractivity contribution in [3.05, 3.63) is 60.2 Å². The van der Waals surface area contributed by atoms with Crippen molar-refractivity contribution in [2.24, 2.45) is 5.10 Å². The molecule has 1 heterocycles. The number of carbonyl (C=O) groups is 3. The number of hydrazone groups is 1. The minimum Gasteiger partial charge on any atom is -0.350 e. The largest absolute Gasteiger partial charge is 0.350 e. The SMILES string of the molecule is CC(=O)C1CC(C(=O)Nc2ccccc2C(=O)NC(C)C)=NN1c1ccccc1. The Morgan fingerprint density at radius 1 is 1.00 bits per heavy atom. The molecule has 0 saturated carbocycles. The van der Waals surface area contributed by atoms with E-state index in [1.807, 2.05) is 44.2 Å². The molecule has 2 N–H and O–H groups in total. The van der Waals surface area contributed by atoms with Crippen molar-refractivity contribution in [1.82, 2.24) is 5.32 Å². The molecular weight excluding hydrogens is 368 g/mol. The molecule has 1 aliphatic heterocycles. The highest BCUT2D eigenvalue weighted by Gasteiger charge is 2.34. The molecule has 0 aliphatic carbocycles. The number of nitrogens with zero attached hydrogens (tertiary/aromatic N) is 2. The highest BCUT2D eigenvalue weighted by Crippen LogP contribution is 2.25. The molecule has 2 aromatic carbocycles. The van der Waals surface area contributed by atoms with Gasteiger partial charge in [-0.15, -0.1) is 0 Å². The number of hydrogen-bond acceptors (Lipinski definition) is 5. The number of hydrogen-bond donors (Lipinski definition) is 2. The van der Waals surface area contributed by atoms with Gasteiger partial charge in [0.15, 0.2) is 5.78 Å². The third-order valence-corrected chi connectivity index (χ3v) is 4.50. The van der Waals surface area contributed by atoms with E-state index >= 15 is 0 Å². The van der Waals surface area contributed by atoms with Crippen LogP contribution in [0.15, 0.2) is 59.7 Å². The molecule has 0 spiro atoms. The van der Waals surface area contributed by atoms with Gasteiger partial charge >= 0.3 is 0 Å². The Bertz CT molecular complexity index is 954. The summed E-state index contributed by atoms with van der Waals surface area (Å²) in [5, 5.41) is 11.6. The molecule has 0 fully saturated rings. The molecule has 7 nitrogen and oxygen atoms in total. The van der Waals surface area contributed by atoms with E-state index in [1.54, 1.807) is 29.3 Å². The van der Waals surface area contributed by atoms with E-state index in [4.69, 9.17) is 0 Å². The van der Waals surface area contributed by atoms with Crippen molar-refractivity contribution < 1.29 is 14.4 Å². The summed E-state index contributed by atoms with van der Waals surface area (Å²) in [7, 11) is 0. The average Bonchev–Trinajstić information content (AvgIpc) is 3.14. The summed E-state index contributed by atoms with van der Waals surface area (Å²) in [4.78, 5) is 37.4. The third-order valence-electron chi connectivity index (χ3n) is 4.50. The lowest BCUT2D eigenvalue weighted by molar-refractivity contribution is -0.118. The number of Topliss-reactive ketones (excluding diaryl/α,β-unsaturated/α-hetero) is 1. The number of amides is 2. The van der Waals surface area contributed by atoms with E-state index in [0.29, 0.717) is 11.3 Å². The summed E-state index contributed by atoms with van der Waals surface area (Å²) in [6.45, 7) is 5.22. The maximum Gasteiger partial charge on any atom is 0.271 e. The first-order valence-electron chi connectivity index (χ1n) is 9.50. The van der Waals surface area contributed by atoms with Crippen LogP contribution < -0.4 is 15.6 Å². The predicted octanol–water partition coefficient (Wildman–Crippen LogP) is 2.99. The second kappa shape index (κ2) is 8.68. The number of rotatable bonds is 6. The summed E-state index contributed by atoms with van der Waals surface area (Å²) in [6.07, 6.45) is 0.205. The number of anilines is 2. The standard InChI is InChI=1S/C22H24N4O3/c1-14(2)23-21(28)17-11-7-8-12-18(17)24-22(29)19-13-20(15(3)27)26(25-19)16-9-5-4-6-10-16/h4-12,14,20H,13H2,1-3H3,(H,23,28)(H,24,29). The maximum atomic E-state index is 12.8. The molecule has 0 bridgehead atoms. The van der Waals surface area contributed by atoms with Gasteiger partial charge in [0.2, 0.25) is 0 Å². The van der Waals surface area contributed by atoms with Gasteiger partial charge in [-0.25, -0.2) is 0 Å². The van der Waals surface area contributed by atoms with Crippen LogP contribution in [-0.2, 0) is 9.59 Å². The van der Waals surface area contributed by atoms with Crippen LogP contribution in [0.2, 0.25) is 0 Å². The second-order valence-electron chi connectivity index (χ2n) is 7.19. The highest BCUT2D eigenvalue weighted by atomic mass is 16.2. The molecule has 0 radical (unpaired) electrons. The number of ketones is 1. The Balaban J connectivity index is 1.83. The third kappa shape index (κ3) is 4.68. The summed E-state index contributed by atoms with van der Waals surface area (Å²) in [5.41, 5.74) is 1.76. The Hall–Kier alpha value is -3.48. The molecule has 1 atom stereocenters. The quantitative estimate of drug-likeness (QED) is 0.791. The monoisotopic (exact) mass is 392 g/mol. The summed E-state index contributed by atoms with van der Waals surface area (Å²) < 4.78 is 0. The lowest BCUT2D eigenvalue weighted by atomic mass is 10.1. The Labute approximate surface area is 169 Å². The van der Waals surface area contributed by atoms with Crippen molar-refractivity contribution in [3.8, 4) is 0 Å². The Morgan fingerprint density at radius 2 is 1.66 bits per heavy atom. The van der Waals surface area contributed by atoms with Crippen LogP contribution in [-0.4, -0.2) is 35.4 Å². The van der Waals surface area contributed by atoms with Crippen molar-refractivity contribution >= 4 is 34.7 Å². The van der Waals surface area contributed by atoms with E-state index in [9.17, 15) is 14.4 Å². The van der Waals surface area contributed by atoms with Gasteiger partial charge in [0.1, 0.15) is 11.8 Å².